The molecule has 0 aliphatic rings. The van der Waals surface area contributed by atoms with Crippen molar-refractivity contribution in [1.82, 2.24) is 4.90 Å². The van der Waals surface area contributed by atoms with Gasteiger partial charge in [0.2, 0.25) is 0 Å². The number of hydrogen-bond donors (Lipinski definition) is 1. The second kappa shape index (κ2) is 6.33. The van der Waals surface area contributed by atoms with Crippen LogP contribution in [0.1, 0.15) is 6.92 Å². The van der Waals surface area contributed by atoms with Crippen LogP contribution >= 0.6 is 0 Å². The summed E-state index contributed by atoms with van der Waals surface area (Å²) in [7, 11) is -3.36. The summed E-state index contributed by atoms with van der Waals surface area (Å²) < 4.78 is 59.4. The monoisotopic (exact) mass is 324 g/mol. The normalized spacial score (nSPS) is 12.0. The van der Waals surface area contributed by atoms with Crippen molar-refractivity contribution >= 4 is 21.6 Å². The molecule has 1 rings (SSSR count). The lowest BCUT2D eigenvalue weighted by molar-refractivity contribution is -0.139. The average molecular weight is 324 g/mol. The van der Waals surface area contributed by atoms with Gasteiger partial charge in [-0.15, -0.1) is 0 Å². The Morgan fingerprint density at radius 1 is 1.24 bits per heavy atom. The number of alkyl halides is 3. The molecule has 0 spiro atoms. The predicted molar refractivity (Wildman–Crippen MR) is 71.9 cm³/mol. The molecule has 0 fully saturated rings. The first-order chi connectivity index (χ1) is 9.53. The number of benzene rings is 1. The van der Waals surface area contributed by atoms with E-state index >= 15 is 0 Å². The van der Waals surface area contributed by atoms with Crippen LogP contribution in [0.3, 0.4) is 0 Å². The SMILES string of the molecule is CCN(CC(F)(F)F)C(=O)Nc1ccc(S(C)(=O)=O)cc1. The number of hydrogen-bond acceptors (Lipinski definition) is 3. The maximum atomic E-state index is 12.3. The van der Waals surface area contributed by atoms with Gasteiger partial charge in [0.1, 0.15) is 6.54 Å². The van der Waals surface area contributed by atoms with Gasteiger partial charge in [0.15, 0.2) is 9.84 Å². The minimum atomic E-state index is -4.48. The Hall–Kier alpha value is -1.77. The summed E-state index contributed by atoms with van der Waals surface area (Å²) in [5, 5.41) is 2.29. The number of nitrogens with one attached hydrogen (secondary N) is 1. The molecule has 1 aromatic rings. The Kier molecular flexibility index (Phi) is 5.21. The zero-order chi connectivity index (χ0) is 16.3. The third kappa shape index (κ3) is 5.62. The number of rotatable bonds is 4. The Labute approximate surface area is 120 Å². The highest BCUT2D eigenvalue weighted by atomic mass is 32.2. The molecule has 2 amide bonds. The topological polar surface area (TPSA) is 66.5 Å². The van der Waals surface area contributed by atoms with E-state index in [0.717, 1.165) is 6.26 Å². The van der Waals surface area contributed by atoms with Gasteiger partial charge >= 0.3 is 12.2 Å². The van der Waals surface area contributed by atoms with Gasteiger partial charge in [-0.1, -0.05) is 0 Å². The lowest BCUT2D eigenvalue weighted by atomic mass is 10.3. The molecule has 0 aliphatic carbocycles. The third-order valence-electron chi connectivity index (χ3n) is 2.57. The van der Waals surface area contributed by atoms with Crippen LogP contribution in [-0.2, 0) is 9.84 Å². The van der Waals surface area contributed by atoms with Crippen molar-refractivity contribution in [3.8, 4) is 0 Å². The summed E-state index contributed by atoms with van der Waals surface area (Å²) in [6.45, 7) is -0.0262. The molecule has 0 aromatic heterocycles. The summed E-state index contributed by atoms with van der Waals surface area (Å²) in [5.41, 5.74) is 0.216. The van der Waals surface area contributed by atoms with Gasteiger partial charge in [-0.3, -0.25) is 0 Å². The van der Waals surface area contributed by atoms with Crippen molar-refractivity contribution in [3.05, 3.63) is 24.3 Å². The number of nitrogens with zero attached hydrogens (tertiary/aromatic N) is 1. The van der Waals surface area contributed by atoms with Gasteiger partial charge < -0.3 is 10.2 Å². The predicted octanol–water partition coefficient (Wildman–Crippen LogP) is 2.51. The smallest absolute Gasteiger partial charge is 0.316 e. The van der Waals surface area contributed by atoms with Crippen molar-refractivity contribution < 1.29 is 26.4 Å². The number of carbonyl (C=O) groups is 1. The fraction of sp³-hybridized carbons (Fsp3) is 0.417. The van der Waals surface area contributed by atoms with Crippen LogP contribution in [0.4, 0.5) is 23.7 Å². The van der Waals surface area contributed by atoms with Crippen LogP contribution in [0.15, 0.2) is 29.2 Å². The number of amides is 2. The highest BCUT2D eigenvalue weighted by Crippen LogP contribution is 2.18. The Morgan fingerprint density at radius 2 is 1.76 bits per heavy atom. The minimum absolute atomic E-state index is 0.0585. The molecule has 0 aliphatic heterocycles. The van der Waals surface area contributed by atoms with E-state index in [2.05, 4.69) is 5.32 Å². The van der Waals surface area contributed by atoms with E-state index < -0.39 is 28.6 Å². The molecule has 1 N–H and O–H groups in total. The van der Waals surface area contributed by atoms with Crippen molar-refractivity contribution in [1.29, 1.82) is 0 Å². The van der Waals surface area contributed by atoms with E-state index in [4.69, 9.17) is 0 Å². The average Bonchev–Trinajstić information content (AvgIpc) is 2.34. The summed E-state index contributed by atoms with van der Waals surface area (Å²) in [6.07, 6.45) is -3.45. The van der Waals surface area contributed by atoms with Crippen molar-refractivity contribution in [2.45, 2.75) is 18.0 Å². The summed E-state index contributed by atoms with van der Waals surface area (Å²) in [4.78, 5) is 12.4. The van der Waals surface area contributed by atoms with E-state index in [1.165, 1.54) is 31.2 Å². The number of halogens is 3. The quantitative estimate of drug-likeness (QED) is 0.925. The van der Waals surface area contributed by atoms with Gasteiger partial charge in [-0.25, -0.2) is 13.2 Å². The first-order valence-electron chi connectivity index (χ1n) is 5.95. The molecule has 0 radical (unpaired) electrons. The van der Waals surface area contributed by atoms with E-state index in [9.17, 15) is 26.4 Å². The second-order valence-electron chi connectivity index (χ2n) is 4.36. The fourth-order valence-electron chi connectivity index (χ4n) is 1.53. The maximum Gasteiger partial charge on any atom is 0.406 e. The van der Waals surface area contributed by atoms with E-state index in [1.54, 1.807) is 0 Å². The van der Waals surface area contributed by atoms with Crippen LogP contribution < -0.4 is 5.32 Å². The lowest BCUT2D eigenvalue weighted by Crippen LogP contribution is -2.41. The highest BCUT2D eigenvalue weighted by Gasteiger charge is 2.32. The molecule has 118 valence electrons. The highest BCUT2D eigenvalue weighted by molar-refractivity contribution is 7.90. The van der Waals surface area contributed by atoms with Gasteiger partial charge in [-0.2, -0.15) is 13.2 Å². The molecule has 1 aromatic carbocycles. The first-order valence-corrected chi connectivity index (χ1v) is 7.85. The standard InChI is InChI=1S/C12H15F3N2O3S/c1-3-17(8-12(13,14)15)11(18)16-9-4-6-10(7-5-9)21(2,19)20/h4-7H,3,8H2,1-2H3,(H,16,18). The molecule has 0 saturated carbocycles. The van der Waals surface area contributed by atoms with Crippen LogP contribution in [0.25, 0.3) is 0 Å². The Morgan fingerprint density at radius 3 is 2.14 bits per heavy atom. The Bertz CT molecular complexity index is 597. The zero-order valence-corrected chi connectivity index (χ0v) is 12.3. The minimum Gasteiger partial charge on any atom is -0.316 e. The second-order valence-corrected chi connectivity index (χ2v) is 6.37. The molecule has 0 atom stereocenters. The molecular weight excluding hydrogens is 309 g/mol. The van der Waals surface area contributed by atoms with Gasteiger partial charge in [0.25, 0.3) is 0 Å². The summed E-state index contributed by atoms with van der Waals surface area (Å²) >= 11 is 0. The lowest BCUT2D eigenvalue weighted by Gasteiger charge is -2.22. The molecule has 0 unspecified atom stereocenters. The molecule has 0 saturated heterocycles. The molecule has 0 bridgehead atoms. The molecule has 0 heterocycles. The van der Waals surface area contributed by atoms with E-state index in [-0.39, 0.29) is 17.1 Å². The first kappa shape index (κ1) is 17.3. The van der Waals surface area contributed by atoms with Crippen molar-refractivity contribution in [2.75, 3.05) is 24.7 Å². The molecule has 9 heteroatoms. The third-order valence-corrected chi connectivity index (χ3v) is 3.70. The summed E-state index contributed by atoms with van der Waals surface area (Å²) in [5.74, 6) is 0. The molecule has 5 nitrogen and oxygen atoms in total. The van der Waals surface area contributed by atoms with Crippen LogP contribution in [0.5, 0.6) is 0 Å². The fourth-order valence-corrected chi connectivity index (χ4v) is 2.16. The van der Waals surface area contributed by atoms with Gasteiger partial charge in [0, 0.05) is 18.5 Å². The van der Waals surface area contributed by atoms with Crippen molar-refractivity contribution in [3.63, 3.8) is 0 Å². The summed E-state index contributed by atoms with van der Waals surface area (Å²) in [6, 6.07) is 4.27. The van der Waals surface area contributed by atoms with E-state index in [1.807, 2.05) is 0 Å². The maximum absolute atomic E-state index is 12.3. The van der Waals surface area contributed by atoms with Gasteiger partial charge in [-0.05, 0) is 31.2 Å². The van der Waals surface area contributed by atoms with Crippen molar-refractivity contribution in [2.24, 2.45) is 0 Å². The molecule has 21 heavy (non-hydrogen) atoms. The number of urea groups is 1. The van der Waals surface area contributed by atoms with Crippen LogP contribution in [0.2, 0.25) is 0 Å². The number of carbonyl (C=O) groups excluding carboxylic acids is 1. The van der Waals surface area contributed by atoms with Crippen LogP contribution in [-0.4, -0.2) is 44.9 Å². The molecular formula is C12H15F3N2O3S. The zero-order valence-electron chi connectivity index (χ0n) is 11.4. The largest absolute Gasteiger partial charge is 0.406 e. The Balaban J connectivity index is 2.78. The number of sulfone groups is 1. The van der Waals surface area contributed by atoms with Gasteiger partial charge in [0.05, 0.1) is 4.90 Å². The number of anilines is 1. The van der Waals surface area contributed by atoms with Crippen LogP contribution in [0, 0.1) is 0 Å². The van der Waals surface area contributed by atoms with E-state index in [0.29, 0.717) is 4.90 Å².